The molecule has 182 valence electrons. The predicted octanol–water partition coefficient (Wildman–Crippen LogP) is 1.72. The van der Waals surface area contributed by atoms with Gasteiger partial charge in [-0.2, -0.15) is 4.98 Å². The van der Waals surface area contributed by atoms with Gasteiger partial charge < -0.3 is 20.3 Å². The molecule has 0 radical (unpaired) electrons. The molecule has 0 bridgehead atoms. The molecule has 1 amide bonds. The molecule has 3 heterocycles. The lowest BCUT2D eigenvalue weighted by atomic mass is 10.1. The lowest BCUT2D eigenvalue weighted by Crippen LogP contribution is -2.60. The van der Waals surface area contributed by atoms with E-state index in [1.807, 2.05) is 44.0 Å². The Bertz CT molecular complexity index is 1080. The van der Waals surface area contributed by atoms with Crippen LogP contribution in [0, 0.1) is 0 Å². The molecule has 1 saturated carbocycles. The topological polar surface area (TPSA) is 130 Å². The van der Waals surface area contributed by atoms with Gasteiger partial charge in [-0.15, -0.1) is 5.10 Å². The van der Waals surface area contributed by atoms with Gasteiger partial charge in [0.2, 0.25) is 16.0 Å². The van der Waals surface area contributed by atoms with E-state index in [1.165, 1.54) is 0 Å². The number of rotatable bonds is 8. The Hall–Kier alpha value is -2.60. The first kappa shape index (κ1) is 23.6. The number of anilines is 2. The standard InChI is InChI=1S/C21H33N7O4S/c1-21(2,3)32-20(29)23-16-13-27(14-16)19-24-18(17-9-6-11-28(17)25-19)22-10-12-33(30,31)26-15-7-4-5-8-15/h6,9,11,15-16,26H,4-5,7-8,10,12-14H2,1-3H3,(H,23,29)(H,22,24,25). The van der Waals surface area contributed by atoms with Gasteiger partial charge in [0.1, 0.15) is 11.1 Å². The average molecular weight is 480 g/mol. The summed E-state index contributed by atoms with van der Waals surface area (Å²) in [4.78, 5) is 18.5. The number of sulfonamides is 1. The van der Waals surface area contributed by atoms with Crippen LogP contribution >= 0.6 is 0 Å². The molecule has 2 aromatic rings. The molecule has 3 N–H and O–H groups in total. The van der Waals surface area contributed by atoms with Crippen molar-refractivity contribution in [2.45, 2.75) is 64.1 Å². The third kappa shape index (κ3) is 6.26. The lowest BCUT2D eigenvalue weighted by molar-refractivity contribution is 0.0495. The maximum absolute atomic E-state index is 12.4. The largest absolute Gasteiger partial charge is 0.444 e. The third-order valence-electron chi connectivity index (χ3n) is 5.63. The number of amides is 1. The van der Waals surface area contributed by atoms with Crippen molar-refractivity contribution in [1.29, 1.82) is 0 Å². The zero-order valence-corrected chi connectivity index (χ0v) is 20.2. The van der Waals surface area contributed by atoms with Gasteiger partial charge in [0.15, 0.2) is 5.82 Å². The summed E-state index contributed by atoms with van der Waals surface area (Å²) in [5.41, 5.74) is 0.223. The van der Waals surface area contributed by atoms with Crippen molar-refractivity contribution in [1.82, 2.24) is 24.6 Å². The monoisotopic (exact) mass is 479 g/mol. The summed E-state index contributed by atoms with van der Waals surface area (Å²) in [6.45, 7) is 6.83. The van der Waals surface area contributed by atoms with Crippen molar-refractivity contribution >= 4 is 33.4 Å². The van der Waals surface area contributed by atoms with Gasteiger partial charge in [0.05, 0.1) is 11.8 Å². The van der Waals surface area contributed by atoms with Crippen molar-refractivity contribution in [2.75, 3.05) is 35.6 Å². The molecule has 2 fully saturated rings. The first-order valence-electron chi connectivity index (χ1n) is 11.4. The number of fused-ring (bicyclic) bond motifs is 1. The zero-order chi connectivity index (χ0) is 23.6. The molecular weight excluding hydrogens is 446 g/mol. The number of carbonyl (C=O) groups excluding carboxylic acids is 1. The fourth-order valence-electron chi connectivity index (χ4n) is 4.05. The van der Waals surface area contributed by atoms with Crippen LogP contribution in [0.4, 0.5) is 16.6 Å². The number of carbonyl (C=O) groups is 1. The fraction of sp³-hybridized carbons (Fsp3) is 0.667. The quantitative estimate of drug-likeness (QED) is 0.522. The van der Waals surface area contributed by atoms with E-state index in [1.54, 1.807) is 4.52 Å². The van der Waals surface area contributed by atoms with Gasteiger partial charge in [-0.3, -0.25) is 0 Å². The van der Waals surface area contributed by atoms with Crippen LogP contribution < -0.4 is 20.3 Å². The molecule has 1 aliphatic heterocycles. The van der Waals surface area contributed by atoms with Gasteiger partial charge in [-0.05, 0) is 45.7 Å². The highest BCUT2D eigenvalue weighted by Crippen LogP contribution is 2.22. The summed E-state index contributed by atoms with van der Waals surface area (Å²) in [6.07, 6.45) is 5.35. The summed E-state index contributed by atoms with van der Waals surface area (Å²) in [5, 5.41) is 10.5. The zero-order valence-electron chi connectivity index (χ0n) is 19.4. The van der Waals surface area contributed by atoms with Crippen molar-refractivity contribution in [3.63, 3.8) is 0 Å². The van der Waals surface area contributed by atoms with Crippen LogP contribution in [-0.4, -0.2) is 72.2 Å². The SMILES string of the molecule is CC(C)(C)OC(=O)NC1CN(c2nc(NCCS(=O)(=O)NC3CCCC3)c3cccn3n2)C1. The number of alkyl carbamates (subject to hydrolysis) is 1. The highest BCUT2D eigenvalue weighted by molar-refractivity contribution is 7.89. The van der Waals surface area contributed by atoms with Gasteiger partial charge in [-0.1, -0.05) is 12.8 Å². The molecule has 2 aromatic heterocycles. The van der Waals surface area contributed by atoms with Crippen LogP contribution in [-0.2, 0) is 14.8 Å². The molecule has 4 rings (SSSR count). The van der Waals surface area contributed by atoms with Crippen LogP contribution in [0.5, 0.6) is 0 Å². The van der Waals surface area contributed by atoms with Crippen molar-refractivity contribution in [3.8, 4) is 0 Å². The summed E-state index contributed by atoms with van der Waals surface area (Å²) >= 11 is 0. The van der Waals surface area contributed by atoms with Gasteiger partial charge in [0.25, 0.3) is 0 Å². The maximum atomic E-state index is 12.4. The van der Waals surface area contributed by atoms with E-state index in [-0.39, 0.29) is 24.4 Å². The summed E-state index contributed by atoms with van der Waals surface area (Å²) in [5.74, 6) is 1.06. The van der Waals surface area contributed by atoms with Crippen molar-refractivity contribution in [2.24, 2.45) is 0 Å². The summed E-state index contributed by atoms with van der Waals surface area (Å²) in [6, 6.07) is 3.75. The number of nitrogens with zero attached hydrogens (tertiary/aromatic N) is 4. The first-order valence-corrected chi connectivity index (χ1v) is 13.1. The molecule has 0 aromatic carbocycles. The second kappa shape index (κ2) is 9.34. The molecule has 33 heavy (non-hydrogen) atoms. The van der Waals surface area contributed by atoms with E-state index in [4.69, 9.17) is 4.74 Å². The highest BCUT2D eigenvalue weighted by atomic mass is 32.2. The Morgan fingerprint density at radius 1 is 1.21 bits per heavy atom. The van der Waals surface area contributed by atoms with Crippen LogP contribution in [0.25, 0.3) is 5.52 Å². The van der Waals surface area contributed by atoms with Crippen molar-refractivity contribution < 1.29 is 17.9 Å². The second-order valence-electron chi connectivity index (χ2n) is 9.69. The molecule has 12 heteroatoms. The molecule has 1 saturated heterocycles. The Morgan fingerprint density at radius 3 is 2.64 bits per heavy atom. The Kier molecular flexibility index (Phi) is 6.66. The van der Waals surface area contributed by atoms with E-state index < -0.39 is 21.7 Å². The van der Waals surface area contributed by atoms with Gasteiger partial charge >= 0.3 is 6.09 Å². The fourth-order valence-corrected chi connectivity index (χ4v) is 5.29. The smallest absolute Gasteiger partial charge is 0.407 e. The number of hydrogen-bond acceptors (Lipinski definition) is 8. The average Bonchev–Trinajstić information content (AvgIpc) is 3.33. The minimum Gasteiger partial charge on any atom is -0.444 e. The van der Waals surface area contributed by atoms with E-state index in [2.05, 4.69) is 25.4 Å². The maximum Gasteiger partial charge on any atom is 0.407 e. The minimum atomic E-state index is -3.35. The first-order chi connectivity index (χ1) is 15.6. The van der Waals surface area contributed by atoms with Crippen LogP contribution in [0.2, 0.25) is 0 Å². The minimum absolute atomic E-state index is 0.0265. The van der Waals surface area contributed by atoms with Gasteiger partial charge in [-0.25, -0.2) is 22.4 Å². The Labute approximate surface area is 194 Å². The lowest BCUT2D eigenvalue weighted by Gasteiger charge is -2.39. The molecule has 0 spiro atoms. The van der Waals surface area contributed by atoms with E-state index in [9.17, 15) is 13.2 Å². The number of hydrogen-bond donors (Lipinski definition) is 3. The van der Waals surface area contributed by atoms with E-state index in [0.29, 0.717) is 24.9 Å². The summed E-state index contributed by atoms with van der Waals surface area (Å²) < 4.78 is 34.6. The number of aromatic nitrogens is 3. The second-order valence-corrected chi connectivity index (χ2v) is 11.6. The van der Waals surface area contributed by atoms with Crippen LogP contribution in [0.3, 0.4) is 0 Å². The highest BCUT2D eigenvalue weighted by Gasteiger charge is 2.32. The van der Waals surface area contributed by atoms with E-state index >= 15 is 0 Å². The normalized spacial score (nSPS) is 17.8. The molecule has 0 atom stereocenters. The molecule has 2 aliphatic rings. The molecule has 11 nitrogen and oxygen atoms in total. The molecular formula is C21H33N7O4S. The Morgan fingerprint density at radius 2 is 1.94 bits per heavy atom. The summed E-state index contributed by atoms with van der Waals surface area (Å²) in [7, 11) is -3.35. The number of ether oxygens (including phenoxy) is 1. The van der Waals surface area contributed by atoms with Crippen molar-refractivity contribution in [3.05, 3.63) is 18.3 Å². The third-order valence-corrected chi connectivity index (χ3v) is 7.06. The molecule has 0 unspecified atom stereocenters. The predicted molar refractivity (Wildman–Crippen MR) is 126 cm³/mol. The number of nitrogens with one attached hydrogen (secondary N) is 3. The van der Waals surface area contributed by atoms with Crippen LogP contribution in [0.1, 0.15) is 46.5 Å². The molecule has 1 aliphatic carbocycles. The van der Waals surface area contributed by atoms with Crippen LogP contribution in [0.15, 0.2) is 18.3 Å². The Balaban J connectivity index is 1.34. The van der Waals surface area contributed by atoms with Gasteiger partial charge in [0, 0.05) is 31.9 Å². The van der Waals surface area contributed by atoms with E-state index in [0.717, 1.165) is 31.2 Å².